The summed E-state index contributed by atoms with van der Waals surface area (Å²) in [5.74, 6) is -6.99. The number of alkyl carbamates (subject to hydrolysis) is 2. The molecule has 0 unspecified atom stereocenters. The van der Waals surface area contributed by atoms with Gasteiger partial charge in [-0.25, -0.2) is 29.0 Å². The van der Waals surface area contributed by atoms with Gasteiger partial charge >= 0.3 is 35.7 Å². The highest BCUT2D eigenvalue weighted by Gasteiger charge is 2.61. The number of rotatable bonds is 12. The van der Waals surface area contributed by atoms with Crippen LogP contribution in [0.5, 0.6) is 0 Å². The molecule has 51 heavy (non-hydrogen) atoms. The van der Waals surface area contributed by atoms with Crippen molar-refractivity contribution in [2.75, 3.05) is 14.1 Å². The molecule has 2 heterocycles. The molecule has 0 aliphatic carbocycles. The van der Waals surface area contributed by atoms with Crippen molar-refractivity contribution in [3.8, 4) is 0 Å². The number of nitrogens with one attached hydrogen (secondary N) is 2. The molecule has 1 saturated heterocycles. The molecule has 0 spiro atoms. The van der Waals surface area contributed by atoms with E-state index in [0.717, 1.165) is 4.57 Å². The van der Waals surface area contributed by atoms with Crippen LogP contribution in [0, 0.1) is 17.8 Å². The number of aliphatic imine (C=N–C) groups is 1. The van der Waals surface area contributed by atoms with Crippen LogP contribution >= 0.6 is 0 Å². The highest BCUT2D eigenvalue weighted by Crippen LogP contribution is 2.45. The largest absolute Gasteiger partial charge is 0.453 e. The van der Waals surface area contributed by atoms with Gasteiger partial charge in [0.15, 0.2) is 11.9 Å². The maximum atomic E-state index is 13.8. The van der Waals surface area contributed by atoms with Crippen molar-refractivity contribution >= 4 is 36.3 Å². The van der Waals surface area contributed by atoms with Gasteiger partial charge in [-0.15, -0.1) is 0 Å². The minimum Gasteiger partial charge on any atom is -0.453 e. The van der Waals surface area contributed by atoms with Gasteiger partial charge in [0.25, 0.3) is 0 Å². The number of hydrogen-bond donors (Lipinski definition) is 2. The number of carbonyl (C=O) groups is 4. The molecular weight excluding hydrogens is 670 g/mol. The van der Waals surface area contributed by atoms with Crippen LogP contribution in [0.4, 0.5) is 15.4 Å². The van der Waals surface area contributed by atoms with Gasteiger partial charge in [0, 0.05) is 31.1 Å². The molecule has 1 aromatic rings. The van der Waals surface area contributed by atoms with Crippen LogP contribution in [-0.4, -0.2) is 94.3 Å². The van der Waals surface area contributed by atoms with Crippen molar-refractivity contribution in [3.05, 3.63) is 33.2 Å². The summed E-state index contributed by atoms with van der Waals surface area (Å²) in [7, 11) is 3.47. The zero-order valence-electron chi connectivity index (χ0n) is 31.5. The Morgan fingerprint density at radius 1 is 1.00 bits per heavy atom. The fourth-order valence-corrected chi connectivity index (χ4v) is 4.68. The molecule has 6 atom stereocenters. The van der Waals surface area contributed by atoms with Gasteiger partial charge in [0.05, 0.1) is 6.34 Å². The Balaban J connectivity index is 2.64. The molecule has 0 radical (unpaired) electrons. The number of hydrogen-bond acceptors (Lipinski definition) is 13. The minimum absolute atomic E-state index is 0.0762. The second-order valence-corrected chi connectivity index (χ2v) is 14.9. The Hall–Kier alpha value is -4.90. The predicted molar refractivity (Wildman–Crippen MR) is 183 cm³/mol. The normalized spacial score (nSPS) is 21.7. The van der Waals surface area contributed by atoms with E-state index in [1.807, 2.05) is 0 Å². The van der Waals surface area contributed by atoms with E-state index in [4.69, 9.17) is 23.7 Å². The van der Waals surface area contributed by atoms with E-state index >= 15 is 0 Å². The van der Waals surface area contributed by atoms with Crippen LogP contribution in [0.1, 0.15) is 82.4 Å². The molecule has 0 aromatic carbocycles. The molecule has 1 aromatic heterocycles. The second-order valence-electron chi connectivity index (χ2n) is 14.9. The van der Waals surface area contributed by atoms with Crippen LogP contribution in [0.25, 0.3) is 10.4 Å². The summed E-state index contributed by atoms with van der Waals surface area (Å²) in [6.45, 7) is 17.9. The van der Waals surface area contributed by atoms with Crippen molar-refractivity contribution in [3.63, 3.8) is 0 Å². The van der Waals surface area contributed by atoms with Crippen molar-refractivity contribution < 1.29 is 42.9 Å². The van der Waals surface area contributed by atoms with E-state index in [1.165, 1.54) is 25.5 Å². The summed E-state index contributed by atoms with van der Waals surface area (Å²) in [5, 5.41) is 8.59. The Morgan fingerprint density at radius 2 is 1.51 bits per heavy atom. The van der Waals surface area contributed by atoms with Crippen LogP contribution in [0.3, 0.4) is 0 Å². The standard InChI is InChI=1S/C32H51N9O10/c1-17(2)21(36-28(45)50-30(6,7)8)25(42)47-23-19(5)24(41-15-14-20(35-27(41)44)34-16-40(12)13)48-32(23,38-39-33)49-26(43)22(18(3)4)37-29(46)51-31(9,10)11/h14-19,21-24H,1-13H3,(H,36,45)(H,37,46)/b34-16+/t19-,21-,22+,23-,24+,32-/m0/s1. The summed E-state index contributed by atoms with van der Waals surface area (Å²) in [6, 6.07) is -1.24. The molecule has 1 aliphatic heterocycles. The zero-order chi connectivity index (χ0) is 39.1. The summed E-state index contributed by atoms with van der Waals surface area (Å²) in [6.07, 6.45) is -2.17. The van der Waals surface area contributed by atoms with E-state index in [1.54, 1.807) is 88.2 Å². The third kappa shape index (κ3) is 12.1. The smallest absolute Gasteiger partial charge is 0.408 e. The van der Waals surface area contributed by atoms with E-state index < -0.39 is 89.1 Å². The third-order valence-corrected chi connectivity index (χ3v) is 6.95. The first-order chi connectivity index (χ1) is 23.4. The Labute approximate surface area is 297 Å². The monoisotopic (exact) mass is 721 g/mol. The molecule has 2 N–H and O–H groups in total. The number of carbonyl (C=O) groups excluding carboxylic acids is 4. The van der Waals surface area contributed by atoms with Gasteiger partial charge in [-0.3, -0.25) is 4.57 Å². The van der Waals surface area contributed by atoms with Crippen LogP contribution in [0.15, 0.2) is 27.2 Å². The number of esters is 2. The van der Waals surface area contributed by atoms with Crippen LogP contribution in [-0.2, 0) is 33.3 Å². The average Bonchev–Trinajstić information content (AvgIpc) is 3.21. The summed E-state index contributed by atoms with van der Waals surface area (Å²) in [5.41, 5.74) is 7.11. The van der Waals surface area contributed by atoms with Gasteiger partial charge in [-0.2, -0.15) is 4.98 Å². The lowest BCUT2D eigenvalue weighted by Gasteiger charge is -2.33. The van der Waals surface area contributed by atoms with Gasteiger partial charge in [0.2, 0.25) is 0 Å². The summed E-state index contributed by atoms with van der Waals surface area (Å²) < 4.78 is 29.3. The average molecular weight is 722 g/mol. The van der Waals surface area contributed by atoms with Crippen LogP contribution < -0.4 is 16.3 Å². The number of aromatic nitrogens is 2. The van der Waals surface area contributed by atoms with Crippen molar-refractivity contribution in [1.82, 2.24) is 25.1 Å². The predicted octanol–water partition coefficient (Wildman–Crippen LogP) is 4.15. The summed E-state index contributed by atoms with van der Waals surface area (Å²) >= 11 is 0. The Morgan fingerprint density at radius 3 is 1.94 bits per heavy atom. The van der Waals surface area contributed by atoms with Gasteiger partial charge < -0.3 is 39.2 Å². The first-order valence-corrected chi connectivity index (χ1v) is 16.4. The molecule has 2 amide bonds. The molecule has 19 heteroatoms. The first kappa shape index (κ1) is 42.3. The van der Waals surface area contributed by atoms with Crippen molar-refractivity contribution in [2.45, 2.75) is 118 Å². The number of ether oxygens (including phenoxy) is 5. The van der Waals surface area contributed by atoms with E-state index in [-0.39, 0.29) is 5.82 Å². The Kier molecular flexibility index (Phi) is 14.0. The number of azide groups is 1. The molecule has 19 nitrogen and oxygen atoms in total. The maximum Gasteiger partial charge on any atom is 0.408 e. The van der Waals surface area contributed by atoms with E-state index in [0.29, 0.717) is 0 Å². The van der Waals surface area contributed by atoms with Crippen molar-refractivity contribution in [1.29, 1.82) is 0 Å². The number of nitrogens with zero attached hydrogens (tertiary/aromatic N) is 7. The van der Waals surface area contributed by atoms with Gasteiger partial charge in [-0.05, 0) is 70.1 Å². The minimum atomic E-state index is -2.72. The molecular formula is C32H51N9O10. The SMILES string of the molecule is CC(C)[C@H](NC(=O)OC(C)(C)C)C(=O)O[C@H]1[C@H](C)[C@H](n2ccc(/N=C/N(C)C)nc2=O)O[C@]1(N=[N+]=[N-])OC(=O)[C@H](NC(=O)OC(C)(C)C)C(C)C. The van der Waals surface area contributed by atoms with Gasteiger partial charge in [0.1, 0.15) is 29.5 Å². The van der Waals surface area contributed by atoms with Gasteiger partial charge in [-0.1, -0.05) is 34.6 Å². The molecule has 1 fully saturated rings. The second kappa shape index (κ2) is 16.9. The van der Waals surface area contributed by atoms with Crippen LogP contribution in [0.2, 0.25) is 0 Å². The number of amides is 2. The van der Waals surface area contributed by atoms with Crippen molar-refractivity contribution in [2.24, 2.45) is 27.9 Å². The zero-order valence-corrected chi connectivity index (χ0v) is 31.5. The highest BCUT2D eigenvalue weighted by atomic mass is 16.8. The lowest BCUT2D eigenvalue weighted by molar-refractivity contribution is -0.259. The topological polar surface area (TPSA) is 238 Å². The Bertz CT molecular complexity index is 1560. The van der Waals surface area contributed by atoms with E-state index in [2.05, 4.69) is 30.6 Å². The lowest BCUT2D eigenvalue weighted by Crippen LogP contribution is -2.54. The first-order valence-electron chi connectivity index (χ1n) is 16.4. The fourth-order valence-electron chi connectivity index (χ4n) is 4.68. The third-order valence-electron chi connectivity index (χ3n) is 6.95. The lowest BCUT2D eigenvalue weighted by atomic mass is 10.0. The quantitative estimate of drug-likeness (QED) is 0.0589. The molecule has 1 aliphatic rings. The highest BCUT2D eigenvalue weighted by molar-refractivity contribution is 5.83. The van der Waals surface area contributed by atoms with E-state index in [9.17, 15) is 29.5 Å². The molecule has 2 rings (SSSR count). The molecule has 284 valence electrons. The molecule has 0 bridgehead atoms. The molecule has 0 saturated carbocycles. The summed E-state index contributed by atoms with van der Waals surface area (Å²) in [4.78, 5) is 78.6. The maximum absolute atomic E-state index is 13.8. The fraction of sp³-hybridized carbons (Fsp3) is 0.719.